The summed E-state index contributed by atoms with van der Waals surface area (Å²) in [6.45, 7) is 5.82. The van der Waals surface area contributed by atoms with Crippen LogP contribution < -0.4 is 5.75 Å². The third-order valence-corrected chi connectivity index (χ3v) is 5.10. The van der Waals surface area contributed by atoms with Gasteiger partial charge in [-0.2, -0.15) is 8.42 Å². The fourth-order valence-corrected chi connectivity index (χ4v) is 3.59. The number of nitrogens with zero attached hydrogens (tertiary/aromatic N) is 2. The monoisotopic (exact) mass is 378 g/mol. The van der Waals surface area contributed by atoms with E-state index in [0.717, 1.165) is 22.3 Å². The molecular formula is C17H15ClN2O4S. The summed E-state index contributed by atoms with van der Waals surface area (Å²) in [6.07, 6.45) is 0. The van der Waals surface area contributed by atoms with Crippen molar-refractivity contribution in [3.63, 3.8) is 0 Å². The maximum atomic E-state index is 12.3. The highest BCUT2D eigenvalue weighted by Gasteiger charge is 2.17. The molecular weight excluding hydrogens is 364 g/mol. The first-order valence-electron chi connectivity index (χ1n) is 7.38. The Morgan fingerprint density at radius 2 is 1.64 bits per heavy atom. The Kier molecular flexibility index (Phi) is 4.53. The number of benzene rings is 2. The van der Waals surface area contributed by atoms with Crippen LogP contribution >= 0.6 is 11.6 Å². The van der Waals surface area contributed by atoms with Crippen molar-refractivity contribution in [1.29, 1.82) is 0 Å². The summed E-state index contributed by atoms with van der Waals surface area (Å²) in [5.74, 6) is -0.260. The molecule has 0 aliphatic rings. The van der Waals surface area contributed by atoms with E-state index in [1.807, 2.05) is 32.9 Å². The Bertz CT molecular complexity index is 1070. The van der Waals surface area contributed by atoms with E-state index in [-0.39, 0.29) is 10.8 Å². The van der Waals surface area contributed by atoms with Crippen LogP contribution in [-0.2, 0) is 10.0 Å². The van der Waals surface area contributed by atoms with Crippen molar-refractivity contribution in [1.82, 2.24) is 5.16 Å². The molecule has 1 heterocycles. The van der Waals surface area contributed by atoms with E-state index in [4.69, 9.17) is 20.5 Å². The number of rotatable bonds is 3. The molecule has 0 N–H and O–H groups in total. The normalized spacial score (nSPS) is 12.6. The Hall–Kier alpha value is -2.38. The highest BCUT2D eigenvalue weighted by molar-refractivity contribution is 7.90. The van der Waals surface area contributed by atoms with Crippen LogP contribution in [0.5, 0.6) is 0 Å². The third kappa shape index (κ3) is 3.67. The van der Waals surface area contributed by atoms with Crippen molar-refractivity contribution in [2.75, 3.05) is 0 Å². The van der Waals surface area contributed by atoms with Crippen molar-refractivity contribution < 1.29 is 17.4 Å². The second-order valence-electron chi connectivity index (χ2n) is 5.65. The van der Waals surface area contributed by atoms with Gasteiger partial charge in [0.15, 0.2) is 0 Å². The molecule has 0 aliphatic carbocycles. The van der Waals surface area contributed by atoms with Gasteiger partial charge in [-0.15, -0.1) is 0 Å². The molecule has 25 heavy (non-hydrogen) atoms. The molecule has 3 rings (SSSR count). The standard InChI is InChI=1S/C17H15ClN2O4S/c1-10-8-11(2)15(12(3)9-10)16-19-24-17(23-16)20-25(21,22)14-6-4-13(18)5-7-14/h4-9H,1-3H3/b20-17+. The van der Waals surface area contributed by atoms with E-state index in [1.165, 1.54) is 24.3 Å². The molecule has 0 atom stereocenters. The van der Waals surface area contributed by atoms with Crippen LogP contribution in [0, 0.1) is 20.8 Å². The number of sulfonamides is 1. The molecule has 0 aliphatic heterocycles. The highest BCUT2D eigenvalue weighted by atomic mass is 35.5. The summed E-state index contributed by atoms with van der Waals surface area (Å²) in [5.41, 5.74) is 3.75. The Labute approximate surface area is 149 Å². The highest BCUT2D eigenvalue weighted by Crippen LogP contribution is 2.26. The van der Waals surface area contributed by atoms with Crippen LogP contribution in [0.4, 0.5) is 0 Å². The minimum absolute atomic E-state index is 0.0206. The van der Waals surface area contributed by atoms with Gasteiger partial charge in [-0.3, -0.25) is 4.52 Å². The van der Waals surface area contributed by atoms with Gasteiger partial charge in [0, 0.05) is 10.6 Å². The Balaban J connectivity index is 2.04. The van der Waals surface area contributed by atoms with E-state index in [0.29, 0.717) is 5.02 Å². The molecule has 6 nitrogen and oxygen atoms in total. The Morgan fingerprint density at radius 1 is 1.04 bits per heavy atom. The summed E-state index contributed by atoms with van der Waals surface area (Å²) < 4.78 is 38.5. The molecule has 0 spiro atoms. The van der Waals surface area contributed by atoms with Crippen LogP contribution in [-0.4, -0.2) is 13.6 Å². The molecule has 0 amide bonds. The van der Waals surface area contributed by atoms with Crippen molar-refractivity contribution in [3.8, 4) is 11.5 Å². The topological polar surface area (TPSA) is 85.7 Å². The summed E-state index contributed by atoms with van der Waals surface area (Å²) >= 11 is 5.76. The maximum absolute atomic E-state index is 12.3. The van der Waals surface area contributed by atoms with Gasteiger partial charge < -0.3 is 4.42 Å². The zero-order valence-electron chi connectivity index (χ0n) is 13.8. The van der Waals surface area contributed by atoms with Gasteiger partial charge >= 0.3 is 5.75 Å². The molecule has 130 valence electrons. The maximum Gasteiger partial charge on any atom is 0.434 e. The predicted molar refractivity (Wildman–Crippen MR) is 92.6 cm³/mol. The lowest BCUT2D eigenvalue weighted by molar-refractivity contribution is 0.323. The molecule has 0 bridgehead atoms. The van der Waals surface area contributed by atoms with Crippen molar-refractivity contribution in [2.24, 2.45) is 4.40 Å². The molecule has 0 unspecified atom stereocenters. The van der Waals surface area contributed by atoms with Gasteiger partial charge in [-0.05, 0) is 61.3 Å². The summed E-state index contributed by atoms with van der Waals surface area (Å²) in [5, 5.41) is 4.24. The molecule has 0 radical (unpaired) electrons. The summed E-state index contributed by atoms with van der Waals surface area (Å²) in [4.78, 5) is -0.0206. The predicted octanol–water partition coefficient (Wildman–Crippen LogP) is 3.80. The smallest absolute Gasteiger partial charge is 0.386 e. The number of halogens is 1. The fraction of sp³-hybridized carbons (Fsp3) is 0.176. The molecule has 2 aromatic carbocycles. The lowest BCUT2D eigenvalue weighted by Gasteiger charge is -2.06. The van der Waals surface area contributed by atoms with Crippen LogP contribution in [0.3, 0.4) is 0 Å². The summed E-state index contributed by atoms with van der Waals surface area (Å²) in [6, 6.07) is 9.60. The quantitative estimate of drug-likeness (QED) is 0.691. The minimum atomic E-state index is -3.99. The first-order valence-corrected chi connectivity index (χ1v) is 9.20. The van der Waals surface area contributed by atoms with Crippen LogP contribution in [0.2, 0.25) is 5.02 Å². The van der Waals surface area contributed by atoms with Crippen molar-refractivity contribution in [3.05, 3.63) is 63.9 Å². The first kappa shape index (κ1) is 17.4. The average Bonchev–Trinajstić information content (AvgIpc) is 2.94. The lowest BCUT2D eigenvalue weighted by atomic mass is 10.00. The van der Waals surface area contributed by atoms with Gasteiger partial charge in [0.25, 0.3) is 15.9 Å². The van der Waals surface area contributed by atoms with Crippen LogP contribution in [0.1, 0.15) is 16.7 Å². The van der Waals surface area contributed by atoms with Gasteiger partial charge in [0.2, 0.25) is 0 Å². The first-order chi connectivity index (χ1) is 11.8. The summed E-state index contributed by atoms with van der Waals surface area (Å²) in [7, 11) is -3.99. The third-order valence-electron chi connectivity index (χ3n) is 3.59. The van der Waals surface area contributed by atoms with E-state index >= 15 is 0 Å². The van der Waals surface area contributed by atoms with E-state index in [9.17, 15) is 8.42 Å². The molecule has 3 aromatic rings. The van der Waals surface area contributed by atoms with E-state index < -0.39 is 15.8 Å². The molecule has 0 saturated carbocycles. The molecule has 1 aromatic heterocycles. The van der Waals surface area contributed by atoms with Crippen molar-refractivity contribution >= 4 is 21.6 Å². The van der Waals surface area contributed by atoms with Crippen LogP contribution in [0.15, 0.2) is 54.6 Å². The minimum Gasteiger partial charge on any atom is -0.386 e. The second-order valence-corrected chi connectivity index (χ2v) is 7.69. The fourth-order valence-electron chi connectivity index (χ4n) is 2.61. The van der Waals surface area contributed by atoms with Gasteiger partial charge in [-0.25, -0.2) is 0 Å². The molecule has 0 saturated heterocycles. The number of aryl methyl sites for hydroxylation is 3. The number of hydrogen-bond acceptors (Lipinski definition) is 5. The van der Waals surface area contributed by atoms with Crippen LogP contribution in [0.25, 0.3) is 11.5 Å². The van der Waals surface area contributed by atoms with E-state index in [2.05, 4.69) is 9.55 Å². The number of aromatic nitrogens is 1. The van der Waals surface area contributed by atoms with Gasteiger partial charge in [0.05, 0.1) is 4.90 Å². The van der Waals surface area contributed by atoms with Gasteiger partial charge in [-0.1, -0.05) is 33.7 Å². The molecule has 0 fully saturated rings. The average molecular weight is 379 g/mol. The van der Waals surface area contributed by atoms with Gasteiger partial charge in [0.1, 0.15) is 0 Å². The zero-order valence-corrected chi connectivity index (χ0v) is 15.4. The molecule has 8 heteroatoms. The van der Waals surface area contributed by atoms with E-state index in [1.54, 1.807) is 0 Å². The van der Waals surface area contributed by atoms with Crippen molar-refractivity contribution in [2.45, 2.75) is 25.7 Å². The Morgan fingerprint density at radius 3 is 2.24 bits per heavy atom. The SMILES string of the molecule is Cc1cc(C)c(-c2no/c(=N/S(=O)(=O)c3ccc(Cl)cc3)o2)c(C)c1. The lowest BCUT2D eigenvalue weighted by Crippen LogP contribution is -2.04. The largest absolute Gasteiger partial charge is 0.434 e. The zero-order chi connectivity index (χ0) is 18.2. The number of hydrogen-bond donors (Lipinski definition) is 0. The second kappa shape index (κ2) is 6.50.